The fourth-order valence-corrected chi connectivity index (χ4v) is 3.57. The minimum Gasteiger partial charge on any atom is -0.317 e. The fraction of sp³-hybridized carbons (Fsp3) is 0.600. The van der Waals surface area contributed by atoms with Crippen LogP contribution in [0, 0.1) is 0 Å². The third kappa shape index (κ3) is 4.01. The van der Waals surface area contributed by atoms with E-state index in [2.05, 4.69) is 41.8 Å². The maximum atomic E-state index is 3.59. The molecule has 0 spiro atoms. The zero-order valence-electron chi connectivity index (χ0n) is 11.2. The van der Waals surface area contributed by atoms with Crippen molar-refractivity contribution in [1.82, 2.24) is 10.6 Å². The molecule has 3 heteroatoms. The molecule has 0 bridgehead atoms. The molecule has 2 rings (SSSR count). The summed E-state index contributed by atoms with van der Waals surface area (Å²) in [5.41, 5.74) is 1.54. The van der Waals surface area contributed by atoms with Crippen LogP contribution in [0.1, 0.15) is 31.2 Å². The van der Waals surface area contributed by atoms with Crippen molar-refractivity contribution in [3.8, 4) is 0 Å². The molecule has 0 aromatic heterocycles. The van der Waals surface area contributed by atoms with Crippen molar-refractivity contribution in [2.75, 3.05) is 31.9 Å². The number of fused-ring (bicyclic) bond motifs is 1. The standard InChI is InChI=1S/C15H24N2S/c1-2-8-16-9-5-10-17-11-13-12-18-15-7-4-3-6-14(13)15/h3-4,6-7,13,16-17H,2,5,8-12H2,1H3. The van der Waals surface area contributed by atoms with Gasteiger partial charge in [-0.25, -0.2) is 0 Å². The van der Waals surface area contributed by atoms with Gasteiger partial charge in [-0.15, -0.1) is 11.8 Å². The Kier molecular flexibility index (Phi) is 6.05. The van der Waals surface area contributed by atoms with Crippen molar-refractivity contribution in [2.24, 2.45) is 0 Å². The molecule has 0 radical (unpaired) electrons. The largest absolute Gasteiger partial charge is 0.317 e. The minimum absolute atomic E-state index is 0.704. The van der Waals surface area contributed by atoms with Gasteiger partial charge in [0.05, 0.1) is 0 Å². The molecule has 1 atom stereocenters. The molecule has 18 heavy (non-hydrogen) atoms. The van der Waals surface area contributed by atoms with E-state index in [4.69, 9.17) is 0 Å². The van der Waals surface area contributed by atoms with Crippen molar-refractivity contribution >= 4 is 11.8 Å². The normalized spacial score (nSPS) is 17.9. The summed E-state index contributed by atoms with van der Waals surface area (Å²) in [6, 6.07) is 8.83. The van der Waals surface area contributed by atoms with Gasteiger partial charge in [0.1, 0.15) is 0 Å². The van der Waals surface area contributed by atoms with E-state index in [-0.39, 0.29) is 0 Å². The van der Waals surface area contributed by atoms with Gasteiger partial charge in [0.2, 0.25) is 0 Å². The van der Waals surface area contributed by atoms with Crippen molar-refractivity contribution in [3.63, 3.8) is 0 Å². The number of nitrogens with one attached hydrogen (secondary N) is 2. The Morgan fingerprint density at radius 1 is 1.17 bits per heavy atom. The number of rotatable bonds is 8. The molecule has 1 aliphatic rings. The first-order valence-electron chi connectivity index (χ1n) is 7.05. The second-order valence-electron chi connectivity index (χ2n) is 4.85. The van der Waals surface area contributed by atoms with Crippen LogP contribution in [0.5, 0.6) is 0 Å². The van der Waals surface area contributed by atoms with E-state index in [1.807, 2.05) is 11.8 Å². The van der Waals surface area contributed by atoms with Crippen LogP contribution in [0.2, 0.25) is 0 Å². The van der Waals surface area contributed by atoms with E-state index in [0.29, 0.717) is 5.92 Å². The van der Waals surface area contributed by atoms with E-state index in [9.17, 15) is 0 Å². The summed E-state index contributed by atoms with van der Waals surface area (Å²) in [4.78, 5) is 1.48. The number of hydrogen-bond donors (Lipinski definition) is 2. The van der Waals surface area contributed by atoms with Gasteiger partial charge in [0.15, 0.2) is 0 Å². The highest BCUT2D eigenvalue weighted by Gasteiger charge is 2.21. The quantitative estimate of drug-likeness (QED) is 0.706. The van der Waals surface area contributed by atoms with Crippen LogP contribution in [-0.4, -0.2) is 31.9 Å². The molecule has 0 fully saturated rings. The van der Waals surface area contributed by atoms with Gasteiger partial charge in [-0.05, 0) is 44.1 Å². The second kappa shape index (κ2) is 7.82. The summed E-state index contributed by atoms with van der Waals surface area (Å²) < 4.78 is 0. The monoisotopic (exact) mass is 264 g/mol. The van der Waals surface area contributed by atoms with Crippen LogP contribution < -0.4 is 10.6 Å². The summed E-state index contributed by atoms with van der Waals surface area (Å²) in [5, 5.41) is 7.03. The van der Waals surface area contributed by atoms with Crippen LogP contribution in [0.25, 0.3) is 0 Å². The van der Waals surface area contributed by atoms with Crippen molar-refractivity contribution in [3.05, 3.63) is 29.8 Å². The van der Waals surface area contributed by atoms with Gasteiger partial charge in [-0.1, -0.05) is 25.1 Å². The lowest BCUT2D eigenvalue weighted by Crippen LogP contribution is -2.26. The lowest BCUT2D eigenvalue weighted by molar-refractivity contribution is 0.570. The molecule has 0 amide bonds. The highest BCUT2D eigenvalue weighted by molar-refractivity contribution is 7.99. The first kappa shape index (κ1) is 13.9. The smallest absolute Gasteiger partial charge is 0.0108 e. The Labute approximate surface area is 115 Å². The highest BCUT2D eigenvalue weighted by Crippen LogP contribution is 2.38. The molecule has 0 saturated carbocycles. The molecule has 2 nitrogen and oxygen atoms in total. The lowest BCUT2D eigenvalue weighted by Gasteiger charge is -2.12. The Hall–Kier alpha value is -0.510. The fourth-order valence-electron chi connectivity index (χ4n) is 2.31. The van der Waals surface area contributed by atoms with E-state index in [0.717, 1.165) is 26.2 Å². The third-order valence-electron chi connectivity index (χ3n) is 3.32. The Bertz CT molecular complexity index is 354. The Balaban J connectivity index is 1.61. The van der Waals surface area contributed by atoms with Gasteiger partial charge in [-0.2, -0.15) is 0 Å². The summed E-state index contributed by atoms with van der Waals surface area (Å²) in [6.07, 6.45) is 2.45. The van der Waals surface area contributed by atoms with Gasteiger partial charge < -0.3 is 10.6 Å². The summed E-state index contributed by atoms with van der Waals surface area (Å²) in [5.74, 6) is 1.94. The maximum Gasteiger partial charge on any atom is 0.0108 e. The van der Waals surface area contributed by atoms with Gasteiger partial charge in [0, 0.05) is 23.1 Å². The van der Waals surface area contributed by atoms with Gasteiger partial charge in [-0.3, -0.25) is 0 Å². The molecule has 100 valence electrons. The zero-order chi connectivity index (χ0) is 12.6. The SMILES string of the molecule is CCCNCCCNCC1CSc2ccccc21. The average molecular weight is 264 g/mol. The van der Waals surface area contributed by atoms with Crippen molar-refractivity contribution in [2.45, 2.75) is 30.6 Å². The predicted octanol–water partition coefficient (Wildman–Crippen LogP) is 2.86. The second-order valence-corrected chi connectivity index (χ2v) is 5.92. The van der Waals surface area contributed by atoms with Crippen LogP contribution in [0.4, 0.5) is 0 Å². The third-order valence-corrected chi connectivity index (χ3v) is 4.58. The summed E-state index contributed by atoms with van der Waals surface area (Å²) >= 11 is 2.00. The van der Waals surface area contributed by atoms with Crippen molar-refractivity contribution < 1.29 is 0 Å². The molecule has 0 saturated heterocycles. The van der Waals surface area contributed by atoms with Gasteiger partial charge in [0.25, 0.3) is 0 Å². The summed E-state index contributed by atoms with van der Waals surface area (Å²) in [7, 11) is 0. The van der Waals surface area contributed by atoms with E-state index in [1.54, 1.807) is 5.56 Å². The molecule has 1 aromatic rings. The summed E-state index contributed by atoms with van der Waals surface area (Å²) in [6.45, 7) is 6.74. The topological polar surface area (TPSA) is 24.1 Å². The van der Waals surface area contributed by atoms with Crippen LogP contribution >= 0.6 is 11.8 Å². The lowest BCUT2D eigenvalue weighted by atomic mass is 10.0. The van der Waals surface area contributed by atoms with Crippen molar-refractivity contribution in [1.29, 1.82) is 0 Å². The molecule has 1 heterocycles. The highest BCUT2D eigenvalue weighted by atomic mass is 32.2. The molecule has 1 unspecified atom stereocenters. The molecular weight excluding hydrogens is 240 g/mol. The predicted molar refractivity (Wildman–Crippen MR) is 80.6 cm³/mol. The minimum atomic E-state index is 0.704. The molecule has 2 N–H and O–H groups in total. The van der Waals surface area contributed by atoms with E-state index < -0.39 is 0 Å². The molecule has 0 aliphatic carbocycles. The molecule has 1 aromatic carbocycles. The molecular formula is C15H24N2S. The maximum absolute atomic E-state index is 3.59. The first-order valence-corrected chi connectivity index (χ1v) is 8.03. The number of thioether (sulfide) groups is 1. The first-order chi connectivity index (χ1) is 8.92. The van der Waals surface area contributed by atoms with Crippen LogP contribution in [0.3, 0.4) is 0 Å². The Morgan fingerprint density at radius 2 is 2.00 bits per heavy atom. The van der Waals surface area contributed by atoms with Crippen LogP contribution in [-0.2, 0) is 0 Å². The van der Waals surface area contributed by atoms with E-state index in [1.165, 1.54) is 23.5 Å². The zero-order valence-corrected chi connectivity index (χ0v) is 12.1. The average Bonchev–Trinajstić information content (AvgIpc) is 2.81. The number of hydrogen-bond acceptors (Lipinski definition) is 3. The van der Waals surface area contributed by atoms with E-state index >= 15 is 0 Å². The van der Waals surface area contributed by atoms with Gasteiger partial charge >= 0.3 is 0 Å². The number of benzene rings is 1. The van der Waals surface area contributed by atoms with Crippen LogP contribution in [0.15, 0.2) is 29.2 Å². The molecule has 1 aliphatic heterocycles. The Morgan fingerprint density at radius 3 is 2.89 bits per heavy atom.